The molecule has 0 spiro atoms. The number of carbonyl (C=O) groups is 1. The number of allylic oxidation sites excluding steroid dienone is 1. The number of hydrogen-bond donors (Lipinski definition) is 2. The molecule has 5 rings (SSSR count). The van der Waals surface area contributed by atoms with Gasteiger partial charge in [0.25, 0.3) is 5.91 Å². The maximum absolute atomic E-state index is 14.3. The van der Waals surface area contributed by atoms with Crippen LogP contribution in [-0.4, -0.2) is 27.8 Å². The van der Waals surface area contributed by atoms with Crippen LogP contribution in [0.15, 0.2) is 89.2 Å². The molecule has 3 aromatic carbocycles. The maximum atomic E-state index is 14.3. The van der Waals surface area contributed by atoms with Crippen LogP contribution in [0, 0.1) is 11.6 Å². The van der Waals surface area contributed by atoms with Crippen LogP contribution in [0.1, 0.15) is 24.1 Å². The number of methoxy groups -OCH3 is 1. The molecule has 1 amide bonds. The Hall–Kier alpha value is -4.18. The summed E-state index contributed by atoms with van der Waals surface area (Å²) in [6.07, 6.45) is 0. The average molecular weight is 520 g/mol. The zero-order chi connectivity index (χ0) is 25.9. The Morgan fingerprint density at radius 2 is 1.89 bits per heavy atom. The first-order valence-corrected chi connectivity index (χ1v) is 12.4. The van der Waals surface area contributed by atoms with Crippen molar-refractivity contribution in [3.8, 4) is 5.75 Å². The molecule has 0 radical (unpaired) electrons. The number of thioether (sulfide) groups is 1. The zero-order valence-corrected chi connectivity index (χ0v) is 20.9. The first-order chi connectivity index (χ1) is 17.9. The third kappa shape index (κ3) is 5.05. The Kier molecular flexibility index (Phi) is 6.91. The molecule has 4 aromatic rings. The highest BCUT2D eigenvalue weighted by atomic mass is 32.2. The number of rotatable bonds is 7. The standard InChI is InChI=1S/C27H23F2N5O2S/c1-16-23(25(35)31-21-12-5-6-13-22(21)36-2)24(17-9-7-10-19(28)14-17)34-26(30-16)32-27(33-34)37-15-18-8-3-4-11-20(18)29/h3-14,24H,15H2,1-2H3,(H,31,35)(H,30,32,33). The Balaban J connectivity index is 1.51. The fourth-order valence-electron chi connectivity index (χ4n) is 4.17. The van der Waals surface area contributed by atoms with E-state index in [1.165, 1.54) is 37.1 Å². The molecule has 0 fully saturated rings. The van der Waals surface area contributed by atoms with E-state index in [1.54, 1.807) is 66.2 Å². The van der Waals surface area contributed by atoms with Gasteiger partial charge in [-0.05, 0) is 48.4 Å². The summed E-state index contributed by atoms with van der Waals surface area (Å²) < 4.78 is 35.3. The third-order valence-corrected chi connectivity index (χ3v) is 6.80. The van der Waals surface area contributed by atoms with Crippen LogP contribution >= 0.6 is 11.8 Å². The predicted octanol–water partition coefficient (Wildman–Crippen LogP) is 5.78. The minimum Gasteiger partial charge on any atom is -0.495 e. The molecule has 0 bridgehead atoms. The van der Waals surface area contributed by atoms with Gasteiger partial charge in [0.1, 0.15) is 23.4 Å². The molecule has 0 aliphatic carbocycles. The van der Waals surface area contributed by atoms with Crippen molar-refractivity contribution in [3.63, 3.8) is 0 Å². The van der Waals surface area contributed by atoms with Gasteiger partial charge in [-0.2, -0.15) is 4.98 Å². The molecule has 7 nitrogen and oxygen atoms in total. The number of benzene rings is 3. The van der Waals surface area contributed by atoms with Crippen molar-refractivity contribution in [1.82, 2.24) is 14.8 Å². The van der Waals surface area contributed by atoms with Gasteiger partial charge < -0.3 is 15.4 Å². The van der Waals surface area contributed by atoms with E-state index >= 15 is 0 Å². The number of hydrogen-bond acceptors (Lipinski definition) is 6. The SMILES string of the molecule is COc1ccccc1NC(=O)C1=C(C)Nc2nc(SCc3ccccc3F)nn2C1c1cccc(F)c1. The molecule has 1 aliphatic heterocycles. The number of aromatic nitrogens is 3. The monoisotopic (exact) mass is 519 g/mol. The van der Waals surface area contributed by atoms with Crippen molar-refractivity contribution in [2.45, 2.75) is 23.9 Å². The van der Waals surface area contributed by atoms with Gasteiger partial charge in [0, 0.05) is 11.4 Å². The van der Waals surface area contributed by atoms with E-state index in [0.29, 0.717) is 50.7 Å². The topological polar surface area (TPSA) is 81.1 Å². The number of nitrogens with one attached hydrogen (secondary N) is 2. The predicted molar refractivity (Wildman–Crippen MR) is 138 cm³/mol. The van der Waals surface area contributed by atoms with E-state index in [0.717, 1.165) is 0 Å². The number of para-hydroxylation sites is 2. The number of fused-ring (bicyclic) bond motifs is 1. The minimum atomic E-state index is -0.753. The van der Waals surface area contributed by atoms with Gasteiger partial charge in [-0.1, -0.05) is 54.2 Å². The first kappa shape index (κ1) is 24.5. The van der Waals surface area contributed by atoms with Crippen LogP contribution in [0.2, 0.25) is 0 Å². The van der Waals surface area contributed by atoms with Gasteiger partial charge in [0.15, 0.2) is 0 Å². The molecule has 1 unspecified atom stereocenters. The third-order valence-electron chi connectivity index (χ3n) is 5.91. The Labute approximate surface area is 216 Å². The van der Waals surface area contributed by atoms with Gasteiger partial charge in [-0.25, -0.2) is 13.5 Å². The second-order valence-electron chi connectivity index (χ2n) is 8.32. The maximum Gasteiger partial charge on any atom is 0.255 e. The van der Waals surface area contributed by atoms with Crippen LogP contribution in [0.4, 0.5) is 20.4 Å². The lowest BCUT2D eigenvalue weighted by Gasteiger charge is -2.28. The van der Waals surface area contributed by atoms with Crippen molar-refractivity contribution in [1.29, 1.82) is 0 Å². The lowest BCUT2D eigenvalue weighted by atomic mass is 9.95. The smallest absolute Gasteiger partial charge is 0.255 e. The van der Waals surface area contributed by atoms with Crippen LogP contribution in [-0.2, 0) is 10.5 Å². The number of ether oxygens (including phenoxy) is 1. The molecular formula is C27H23F2N5O2S. The van der Waals surface area contributed by atoms with E-state index in [-0.39, 0.29) is 5.82 Å². The molecule has 2 N–H and O–H groups in total. The quantitative estimate of drug-likeness (QED) is 0.301. The summed E-state index contributed by atoms with van der Waals surface area (Å²) in [5.41, 5.74) is 2.45. The summed E-state index contributed by atoms with van der Waals surface area (Å²) >= 11 is 1.27. The number of amides is 1. The Morgan fingerprint density at radius 1 is 1.11 bits per heavy atom. The summed E-state index contributed by atoms with van der Waals surface area (Å²) in [5.74, 6) is 0.0981. The average Bonchev–Trinajstić information content (AvgIpc) is 3.30. The van der Waals surface area contributed by atoms with Crippen molar-refractivity contribution < 1.29 is 18.3 Å². The Morgan fingerprint density at radius 3 is 2.68 bits per heavy atom. The Bertz CT molecular complexity index is 1500. The van der Waals surface area contributed by atoms with E-state index < -0.39 is 17.8 Å². The van der Waals surface area contributed by atoms with Gasteiger partial charge in [0.2, 0.25) is 11.1 Å². The molecule has 2 heterocycles. The highest BCUT2D eigenvalue weighted by Crippen LogP contribution is 2.38. The van der Waals surface area contributed by atoms with E-state index in [2.05, 4.69) is 20.7 Å². The minimum absolute atomic E-state index is 0.303. The van der Waals surface area contributed by atoms with Gasteiger partial charge in [-0.3, -0.25) is 4.79 Å². The molecule has 1 aliphatic rings. The summed E-state index contributed by atoms with van der Waals surface area (Å²) in [7, 11) is 1.52. The number of carbonyl (C=O) groups excluding carboxylic acids is 1. The highest BCUT2D eigenvalue weighted by Gasteiger charge is 2.35. The second kappa shape index (κ2) is 10.4. The molecule has 0 saturated heterocycles. The molecule has 188 valence electrons. The number of halogens is 2. The molecule has 0 saturated carbocycles. The van der Waals surface area contributed by atoms with E-state index in [4.69, 9.17) is 4.74 Å². The summed E-state index contributed by atoms with van der Waals surface area (Å²) in [5, 5.41) is 11.1. The molecular weight excluding hydrogens is 496 g/mol. The molecule has 1 atom stereocenters. The van der Waals surface area contributed by atoms with Gasteiger partial charge in [-0.15, -0.1) is 5.10 Å². The van der Waals surface area contributed by atoms with Crippen molar-refractivity contribution >= 4 is 29.3 Å². The van der Waals surface area contributed by atoms with Crippen LogP contribution in [0.5, 0.6) is 5.75 Å². The van der Waals surface area contributed by atoms with Crippen LogP contribution in [0.3, 0.4) is 0 Å². The van der Waals surface area contributed by atoms with Crippen molar-refractivity contribution in [2.75, 3.05) is 17.7 Å². The number of anilines is 2. The van der Waals surface area contributed by atoms with E-state index in [1.807, 2.05) is 0 Å². The van der Waals surface area contributed by atoms with Crippen molar-refractivity contribution in [2.24, 2.45) is 0 Å². The molecule has 37 heavy (non-hydrogen) atoms. The zero-order valence-electron chi connectivity index (χ0n) is 20.0. The largest absolute Gasteiger partial charge is 0.495 e. The second-order valence-corrected chi connectivity index (χ2v) is 9.26. The van der Waals surface area contributed by atoms with E-state index in [9.17, 15) is 13.6 Å². The molecule has 10 heteroatoms. The van der Waals surface area contributed by atoms with Gasteiger partial charge >= 0.3 is 0 Å². The van der Waals surface area contributed by atoms with Crippen LogP contribution < -0.4 is 15.4 Å². The fraction of sp³-hybridized carbons (Fsp3) is 0.148. The number of nitrogens with zero attached hydrogens (tertiary/aromatic N) is 3. The normalized spacial score (nSPS) is 14.6. The summed E-state index contributed by atoms with van der Waals surface area (Å²) in [6.45, 7) is 1.76. The first-order valence-electron chi connectivity index (χ1n) is 11.4. The van der Waals surface area contributed by atoms with Crippen molar-refractivity contribution in [3.05, 3.63) is 107 Å². The van der Waals surface area contributed by atoms with Gasteiger partial charge in [0.05, 0.1) is 18.4 Å². The lowest BCUT2D eigenvalue weighted by Crippen LogP contribution is -2.31. The van der Waals surface area contributed by atoms with Crippen LogP contribution in [0.25, 0.3) is 0 Å². The fourth-order valence-corrected chi connectivity index (χ4v) is 4.98. The highest BCUT2D eigenvalue weighted by molar-refractivity contribution is 7.98. The summed E-state index contributed by atoms with van der Waals surface area (Å²) in [6, 6.07) is 18.9. The lowest BCUT2D eigenvalue weighted by molar-refractivity contribution is -0.113. The summed E-state index contributed by atoms with van der Waals surface area (Å²) in [4.78, 5) is 18.2. The molecule has 1 aromatic heterocycles.